The molecule has 0 aromatic heterocycles. The Morgan fingerprint density at radius 2 is 1.94 bits per heavy atom. The highest BCUT2D eigenvalue weighted by atomic mass is 16.3. The van der Waals surface area contributed by atoms with Crippen molar-refractivity contribution in [2.45, 2.75) is 51.9 Å². The quantitative estimate of drug-likeness (QED) is 0.826. The van der Waals surface area contributed by atoms with Crippen LogP contribution in [0, 0.1) is 12.8 Å². The second kappa shape index (κ2) is 3.84. The fourth-order valence-electron chi connectivity index (χ4n) is 2.79. The van der Waals surface area contributed by atoms with Gasteiger partial charge in [-0.2, -0.15) is 0 Å². The smallest absolute Gasteiger partial charge is 0.0530 e. The Balaban J connectivity index is 2.48. The van der Waals surface area contributed by atoms with Gasteiger partial charge < -0.3 is 5.11 Å². The lowest BCUT2D eigenvalue weighted by atomic mass is 9.81. The molecule has 1 saturated carbocycles. The Bertz CT molecular complexity index is 424. The van der Waals surface area contributed by atoms with Crippen molar-refractivity contribution in [1.82, 2.24) is 0 Å². The molecule has 2 unspecified atom stereocenters. The topological polar surface area (TPSA) is 20.2 Å². The summed E-state index contributed by atoms with van der Waals surface area (Å²) in [5.74, 6) is 0.612. The molecule has 1 fully saturated rings. The summed E-state index contributed by atoms with van der Waals surface area (Å²) in [6, 6.07) is 6.74. The molecule has 0 aliphatic heterocycles. The summed E-state index contributed by atoms with van der Waals surface area (Å²) in [6.07, 6.45) is 1.12. The third-order valence-electron chi connectivity index (χ3n) is 4.38. The molecule has 0 radical (unpaired) electrons. The molecule has 0 bridgehead atoms. The van der Waals surface area contributed by atoms with Gasteiger partial charge in [0.1, 0.15) is 0 Å². The predicted octanol–water partition coefficient (Wildman–Crippen LogP) is 3.56. The zero-order valence-electron chi connectivity index (χ0n) is 11.7. The van der Waals surface area contributed by atoms with E-state index in [0.29, 0.717) is 5.92 Å². The number of aliphatic hydroxyl groups excluding tert-OH is 1. The first-order chi connectivity index (χ1) is 7.81. The molecule has 0 saturated heterocycles. The van der Waals surface area contributed by atoms with E-state index in [4.69, 9.17) is 0 Å². The summed E-state index contributed by atoms with van der Waals surface area (Å²) >= 11 is 0. The zero-order chi connectivity index (χ0) is 12.8. The van der Waals surface area contributed by atoms with Crippen molar-refractivity contribution >= 4 is 0 Å². The number of aryl methyl sites for hydroxylation is 1. The molecule has 1 aliphatic carbocycles. The molecule has 1 heteroatoms. The maximum absolute atomic E-state index is 9.70. The maximum atomic E-state index is 9.70. The first-order valence-corrected chi connectivity index (χ1v) is 6.54. The van der Waals surface area contributed by atoms with Gasteiger partial charge in [0.25, 0.3) is 0 Å². The van der Waals surface area contributed by atoms with E-state index in [1.165, 1.54) is 16.7 Å². The van der Waals surface area contributed by atoms with Crippen LogP contribution in [0.5, 0.6) is 0 Å². The number of hydrogen-bond donors (Lipinski definition) is 1. The van der Waals surface area contributed by atoms with E-state index in [0.717, 1.165) is 6.42 Å². The molecule has 0 amide bonds. The van der Waals surface area contributed by atoms with Gasteiger partial charge >= 0.3 is 0 Å². The van der Waals surface area contributed by atoms with Gasteiger partial charge in [-0.1, -0.05) is 45.9 Å². The SMILES string of the molecule is Cc1ccc(C(C)(C)C)cc1C1(CO)CC1C. The van der Waals surface area contributed by atoms with Crippen molar-refractivity contribution in [2.75, 3.05) is 6.61 Å². The van der Waals surface area contributed by atoms with E-state index in [-0.39, 0.29) is 17.4 Å². The van der Waals surface area contributed by atoms with Crippen molar-refractivity contribution < 1.29 is 5.11 Å². The standard InChI is InChI=1S/C16H24O/c1-11-6-7-13(15(3,4)5)8-14(11)16(10-17)9-12(16)2/h6-8,12,17H,9-10H2,1-5H3. The van der Waals surface area contributed by atoms with Crippen LogP contribution in [0.1, 0.15) is 50.8 Å². The minimum absolute atomic E-state index is 0.0470. The van der Waals surface area contributed by atoms with E-state index in [9.17, 15) is 5.11 Å². The molecular formula is C16H24O. The molecule has 2 rings (SSSR count). The average molecular weight is 232 g/mol. The highest BCUT2D eigenvalue weighted by molar-refractivity contribution is 5.43. The third kappa shape index (κ3) is 2.01. The molecule has 1 nitrogen and oxygen atoms in total. The first-order valence-electron chi connectivity index (χ1n) is 6.54. The van der Waals surface area contributed by atoms with Gasteiger partial charge in [0.05, 0.1) is 6.61 Å². The van der Waals surface area contributed by atoms with Crippen LogP contribution >= 0.6 is 0 Å². The lowest BCUT2D eigenvalue weighted by Crippen LogP contribution is -2.19. The summed E-state index contributed by atoms with van der Waals surface area (Å²) in [6.45, 7) is 11.4. The van der Waals surface area contributed by atoms with E-state index < -0.39 is 0 Å². The van der Waals surface area contributed by atoms with Crippen LogP contribution in [0.15, 0.2) is 18.2 Å². The Hall–Kier alpha value is -0.820. The Labute approximate surface area is 105 Å². The number of benzene rings is 1. The normalized spacial score (nSPS) is 28.2. The van der Waals surface area contributed by atoms with Gasteiger partial charge in [-0.05, 0) is 41.4 Å². The van der Waals surface area contributed by atoms with Crippen LogP contribution in [0.2, 0.25) is 0 Å². The molecule has 1 N–H and O–H groups in total. The van der Waals surface area contributed by atoms with Gasteiger partial charge in [0, 0.05) is 5.41 Å². The summed E-state index contributed by atoms with van der Waals surface area (Å²) in [5.41, 5.74) is 4.27. The van der Waals surface area contributed by atoms with Gasteiger partial charge in [-0.15, -0.1) is 0 Å². The van der Waals surface area contributed by atoms with E-state index in [1.54, 1.807) is 0 Å². The fourth-order valence-corrected chi connectivity index (χ4v) is 2.79. The van der Waals surface area contributed by atoms with E-state index in [2.05, 4.69) is 52.8 Å². The molecule has 94 valence electrons. The monoisotopic (exact) mass is 232 g/mol. The van der Waals surface area contributed by atoms with Crippen LogP contribution in [0.4, 0.5) is 0 Å². The van der Waals surface area contributed by atoms with Crippen LogP contribution in [0.3, 0.4) is 0 Å². The van der Waals surface area contributed by atoms with Gasteiger partial charge in [0.2, 0.25) is 0 Å². The molecule has 1 aromatic carbocycles. The van der Waals surface area contributed by atoms with Crippen molar-refractivity contribution in [3.8, 4) is 0 Å². The highest BCUT2D eigenvalue weighted by Crippen LogP contribution is 2.54. The van der Waals surface area contributed by atoms with Gasteiger partial charge in [-0.25, -0.2) is 0 Å². The van der Waals surface area contributed by atoms with Crippen LogP contribution in [0.25, 0.3) is 0 Å². The number of hydrogen-bond acceptors (Lipinski definition) is 1. The van der Waals surface area contributed by atoms with Crippen LogP contribution in [-0.4, -0.2) is 11.7 Å². The number of aliphatic hydroxyl groups is 1. The molecular weight excluding hydrogens is 208 g/mol. The van der Waals surface area contributed by atoms with Crippen molar-refractivity contribution in [3.05, 3.63) is 34.9 Å². The van der Waals surface area contributed by atoms with Gasteiger partial charge in [-0.3, -0.25) is 0 Å². The van der Waals surface area contributed by atoms with Crippen molar-refractivity contribution in [1.29, 1.82) is 0 Å². The summed E-state index contributed by atoms with van der Waals surface area (Å²) < 4.78 is 0. The minimum Gasteiger partial charge on any atom is -0.395 e. The number of rotatable bonds is 2. The lowest BCUT2D eigenvalue weighted by Gasteiger charge is -2.24. The molecule has 1 aliphatic rings. The largest absolute Gasteiger partial charge is 0.395 e. The first kappa shape index (κ1) is 12.6. The highest BCUT2D eigenvalue weighted by Gasteiger charge is 2.52. The van der Waals surface area contributed by atoms with Crippen molar-refractivity contribution in [3.63, 3.8) is 0 Å². The van der Waals surface area contributed by atoms with E-state index >= 15 is 0 Å². The van der Waals surface area contributed by atoms with Crippen LogP contribution in [-0.2, 0) is 10.8 Å². The Morgan fingerprint density at radius 1 is 1.35 bits per heavy atom. The summed E-state index contributed by atoms with van der Waals surface area (Å²) in [5, 5.41) is 9.70. The average Bonchev–Trinajstić information content (AvgIpc) is 2.89. The van der Waals surface area contributed by atoms with E-state index in [1.807, 2.05) is 0 Å². The van der Waals surface area contributed by atoms with Crippen LogP contribution < -0.4 is 0 Å². The van der Waals surface area contributed by atoms with Gasteiger partial charge in [0.15, 0.2) is 0 Å². The Kier molecular flexibility index (Phi) is 2.86. The molecule has 17 heavy (non-hydrogen) atoms. The summed E-state index contributed by atoms with van der Waals surface area (Å²) in [4.78, 5) is 0. The minimum atomic E-state index is 0.0470. The van der Waals surface area contributed by atoms with Crippen molar-refractivity contribution in [2.24, 2.45) is 5.92 Å². The second-order valence-electron chi connectivity index (χ2n) is 6.70. The zero-order valence-corrected chi connectivity index (χ0v) is 11.7. The third-order valence-corrected chi connectivity index (χ3v) is 4.38. The molecule has 2 atom stereocenters. The lowest BCUT2D eigenvalue weighted by molar-refractivity contribution is 0.246. The maximum Gasteiger partial charge on any atom is 0.0530 e. The molecule has 0 heterocycles. The summed E-state index contributed by atoms with van der Waals surface area (Å²) in [7, 11) is 0. The Morgan fingerprint density at radius 3 is 2.35 bits per heavy atom. The predicted molar refractivity (Wildman–Crippen MR) is 72.4 cm³/mol. The molecule has 1 aromatic rings. The fraction of sp³-hybridized carbons (Fsp3) is 0.625. The molecule has 0 spiro atoms. The second-order valence-corrected chi connectivity index (χ2v) is 6.70.